The number of ether oxygens (including phenoxy) is 4. The van der Waals surface area contributed by atoms with Gasteiger partial charge in [-0.05, 0) is 58.5 Å². The number of carboxylic acids is 2. The molecule has 0 aromatic heterocycles. The molecular weight excluding hydrogens is 602 g/mol. The van der Waals surface area contributed by atoms with E-state index in [9.17, 15) is 44.4 Å². The van der Waals surface area contributed by atoms with Crippen LogP contribution in [0.1, 0.15) is 44.2 Å². The fraction of sp³-hybridized carbons (Fsp3) is 0.552. The summed E-state index contributed by atoms with van der Waals surface area (Å²) in [5, 5.41) is 61.4. The first-order valence-electron chi connectivity index (χ1n) is 14.0. The molecule has 1 aromatic rings. The van der Waals surface area contributed by atoms with E-state index in [2.05, 4.69) is 9.47 Å². The molecule has 0 radical (unpaired) electrons. The van der Waals surface area contributed by atoms with Crippen LogP contribution in [0, 0.1) is 6.92 Å². The molecular formula is C29H35NO15. The van der Waals surface area contributed by atoms with E-state index in [0.29, 0.717) is 18.5 Å². The van der Waals surface area contributed by atoms with E-state index in [1.807, 2.05) is 18.9 Å². The van der Waals surface area contributed by atoms with Gasteiger partial charge in [-0.15, -0.1) is 0 Å². The topological polar surface area (TPSA) is 247 Å². The van der Waals surface area contributed by atoms with Crippen LogP contribution in [0.5, 0.6) is 11.5 Å². The van der Waals surface area contributed by atoms with Crippen molar-refractivity contribution in [2.45, 2.75) is 87.6 Å². The van der Waals surface area contributed by atoms with Crippen molar-refractivity contribution in [2.75, 3.05) is 13.6 Å². The van der Waals surface area contributed by atoms with Gasteiger partial charge in [0.25, 0.3) is 0 Å². The third-order valence-electron chi connectivity index (χ3n) is 8.85. The van der Waals surface area contributed by atoms with Gasteiger partial charge in [-0.2, -0.15) is 0 Å². The number of hydrogen-bond acceptors (Lipinski definition) is 14. The zero-order valence-electron chi connectivity index (χ0n) is 24.8. The largest absolute Gasteiger partial charge is 0.504 e. The lowest BCUT2D eigenvalue weighted by Gasteiger charge is -2.58. The van der Waals surface area contributed by atoms with Gasteiger partial charge < -0.3 is 54.5 Å². The van der Waals surface area contributed by atoms with E-state index >= 15 is 0 Å². The Morgan fingerprint density at radius 2 is 1.71 bits per heavy atom. The van der Waals surface area contributed by atoms with Crippen LogP contribution in [0.25, 0.3) is 0 Å². The van der Waals surface area contributed by atoms with Crippen molar-refractivity contribution in [3.8, 4) is 11.5 Å². The molecule has 8 atom stereocenters. The fourth-order valence-corrected chi connectivity index (χ4v) is 6.31. The summed E-state index contributed by atoms with van der Waals surface area (Å²) in [6.45, 7) is 5.08. The first-order valence-corrected chi connectivity index (χ1v) is 14.0. The Kier molecular flexibility index (Phi) is 9.17. The molecule has 3 aliphatic rings. The number of aromatic hydroxyl groups is 1. The number of nitrogens with zero attached hydrogens (tertiary/aromatic N) is 1. The lowest BCUT2D eigenvalue weighted by atomic mass is 9.54. The van der Waals surface area contributed by atoms with Gasteiger partial charge in [-0.25, -0.2) is 19.2 Å². The van der Waals surface area contributed by atoms with E-state index in [-0.39, 0.29) is 23.7 Å². The molecule has 6 N–H and O–H groups in total. The summed E-state index contributed by atoms with van der Waals surface area (Å²) in [5.74, 6) is -8.21. The number of benzene rings is 1. The van der Waals surface area contributed by atoms with Gasteiger partial charge in [0, 0.05) is 18.0 Å². The monoisotopic (exact) mass is 637 g/mol. The van der Waals surface area contributed by atoms with Crippen LogP contribution in [0.3, 0.4) is 0 Å². The molecule has 1 aliphatic carbocycles. The Labute approximate surface area is 256 Å². The molecule has 246 valence electrons. The quantitative estimate of drug-likeness (QED) is 0.134. The van der Waals surface area contributed by atoms with Crippen LogP contribution >= 0.6 is 0 Å². The van der Waals surface area contributed by atoms with Gasteiger partial charge in [-0.3, -0.25) is 4.79 Å². The van der Waals surface area contributed by atoms with Crippen molar-refractivity contribution < 1.29 is 73.6 Å². The van der Waals surface area contributed by atoms with Gasteiger partial charge in [0.05, 0.1) is 17.4 Å². The molecule has 0 bridgehead atoms. The van der Waals surface area contributed by atoms with Gasteiger partial charge >= 0.3 is 29.8 Å². The Hall–Kier alpha value is -4.25. The third kappa shape index (κ3) is 5.69. The second-order valence-electron chi connectivity index (χ2n) is 11.5. The summed E-state index contributed by atoms with van der Waals surface area (Å²) < 4.78 is 20.8. The first kappa shape index (κ1) is 33.6. The lowest BCUT2D eigenvalue weighted by Crippen LogP contribution is -2.71. The van der Waals surface area contributed by atoms with Crippen molar-refractivity contribution in [3.05, 3.63) is 35.1 Å². The Morgan fingerprint density at radius 1 is 1.07 bits per heavy atom. The second-order valence-corrected chi connectivity index (χ2v) is 11.5. The number of aryl methyl sites for hydroxylation is 1. The average Bonchev–Trinajstić information content (AvgIpc) is 3.35. The Morgan fingerprint density at radius 3 is 2.33 bits per heavy atom. The maximum atomic E-state index is 13.0. The first-order chi connectivity index (χ1) is 21.0. The van der Waals surface area contributed by atoms with Gasteiger partial charge in [-0.1, -0.05) is 6.07 Å². The maximum absolute atomic E-state index is 13.0. The van der Waals surface area contributed by atoms with Crippen LogP contribution in [0.4, 0.5) is 0 Å². The number of phenols is 1. The normalized spacial score (nSPS) is 28.0. The molecule has 1 fully saturated rings. The van der Waals surface area contributed by atoms with Gasteiger partial charge in [0.1, 0.15) is 5.76 Å². The maximum Gasteiger partial charge on any atom is 0.348 e. The summed E-state index contributed by atoms with van der Waals surface area (Å²) in [4.78, 5) is 61.4. The number of carboxylic acid groups (broad SMARTS) is 2. The highest BCUT2D eigenvalue weighted by Gasteiger charge is 2.69. The highest BCUT2D eigenvalue weighted by molar-refractivity contribution is 5.88. The van der Waals surface area contributed by atoms with E-state index in [0.717, 1.165) is 12.5 Å². The summed E-state index contributed by atoms with van der Waals surface area (Å²) in [6.07, 6.45) is -9.56. The van der Waals surface area contributed by atoms with Crippen molar-refractivity contribution in [3.63, 3.8) is 0 Å². The molecule has 1 saturated heterocycles. The number of rotatable bonds is 10. The number of aliphatic carboxylic acids is 2. The molecule has 1 spiro atoms. The minimum Gasteiger partial charge on any atom is -0.504 e. The number of carbonyl (C=O) groups is 5. The molecule has 1 aromatic carbocycles. The number of hydrogen-bond donors (Lipinski definition) is 6. The number of carbonyl (C=O) groups excluding carboxylic acids is 3. The van der Waals surface area contributed by atoms with Crippen molar-refractivity contribution in [1.29, 1.82) is 0 Å². The standard InChI is InChI=1S/C29H35NO15/c1-12-5-6-15(31)22-19(12)28-9-10-30(4)14(3)29(28,41)8-7-16(23(28)45-22)43-27(40)21(35)20(34)26(39)42-13(2)25(38)44-17(24(36)37)11-18(32)33/h5-7,13-14,17,20-21,23,31,34-35,41H,8-11H2,1-4H3,(H,32,33)(H,36,37)/t13-,14+,17+,20+,21+,23-,28-,29+/m0/s1. The van der Waals surface area contributed by atoms with Crippen LogP contribution in [0.15, 0.2) is 24.0 Å². The molecule has 0 amide bonds. The van der Waals surface area contributed by atoms with E-state index in [4.69, 9.17) is 19.7 Å². The van der Waals surface area contributed by atoms with Crippen molar-refractivity contribution in [1.82, 2.24) is 4.90 Å². The number of likely N-dealkylation sites (tertiary alicyclic amines) is 1. The zero-order valence-corrected chi connectivity index (χ0v) is 24.8. The molecule has 16 heteroatoms. The van der Waals surface area contributed by atoms with Crippen molar-refractivity contribution in [2.24, 2.45) is 0 Å². The Balaban J connectivity index is 1.51. The van der Waals surface area contributed by atoms with E-state index in [1.165, 1.54) is 12.1 Å². The SMILES string of the molecule is Cc1ccc(O)c2c1[C@]13CCN(C)[C@H](C)[C@]1(O)CC=C(OC(=O)[C@H](O)[C@@H](O)C(=O)O[C@@H](C)C(=O)O[C@H](CC(=O)O)C(=O)O)[C@@H]3O2. The molecule has 16 nitrogen and oxygen atoms in total. The number of aliphatic hydroxyl groups excluding tert-OH is 2. The average molecular weight is 638 g/mol. The zero-order chi connectivity index (χ0) is 33.6. The van der Waals surface area contributed by atoms with E-state index in [1.54, 1.807) is 13.0 Å². The summed E-state index contributed by atoms with van der Waals surface area (Å²) >= 11 is 0. The highest BCUT2D eigenvalue weighted by Crippen LogP contribution is 2.62. The summed E-state index contributed by atoms with van der Waals surface area (Å²) in [5.41, 5.74) is -1.36. The van der Waals surface area contributed by atoms with Crippen LogP contribution in [0.2, 0.25) is 0 Å². The lowest BCUT2D eigenvalue weighted by molar-refractivity contribution is -0.185. The molecule has 45 heavy (non-hydrogen) atoms. The van der Waals surface area contributed by atoms with Crippen LogP contribution in [-0.4, -0.2) is 121 Å². The van der Waals surface area contributed by atoms with Gasteiger partial charge in [0.15, 0.2) is 35.9 Å². The summed E-state index contributed by atoms with van der Waals surface area (Å²) in [6, 6.07) is 2.72. The van der Waals surface area contributed by atoms with E-state index < -0.39 is 83.8 Å². The van der Waals surface area contributed by atoms with Crippen LogP contribution < -0.4 is 4.74 Å². The predicted molar refractivity (Wildman–Crippen MR) is 147 cm³/mol. The number of piperidine rings is 1. The fourth-order valence-electron chi connectivity index (χ4n) is 6.31. The summed E-state index contributed by atoms with van der Waals surface area (Å²) in [7, 11) is 1.85. The number of fused-ring (bicyclic) bond motifs is 1. The van der Waals surface area contributed by atoms with Crippen LogP contribution in [-0.2, 0) is 43.6 Å². The molecule has 2 aliphatic heterocycles. The minimum absolute atomic E-state index is 0.0188. The number of aliphatic hydroxyl groups is 3. The molecule has 0 saturated carbocycles. The van der Waals surface area contributed by atoms with Gasteiger partial charge in [0.2, 0.25) is 6.10 Å². The minimum atomic E-state index is -2.58. The predicted octanol–water partition coefficient (Wildman–Crippen LogP) is -0.890. The van der Waals surface area contributed by atoms with Crippen molar-refractivity contribution >= 4 is 29.8 Å². The molecule has 0 unspecified atom stereocenters. The number of esters is 3. The Bertz CT molecular complexity index is 1440. The third-order valence-corrected chi connectivity index (χ3v) is 8.85. The highest BCUT2D eigenvalue weighted by atomic mass is 16.6. The number of likely N-dealkylation sites (N-methyl/N-ethyl adjacent to an activating group) is 1. The molecule has 4 rings (SSSR count). The molecule has 2 heterocycles. The number of phenolic OH excluding ortho intramolecular Hbond substituents is 1. The smallest absolute Gasteiger partial charge is 0.348 e. The second kappa shape index (κ2) is 12.3.